The summed E-state index contributed by atoms with van der Waals surface area (Å²) in [6.45, 7) is 3.30. The number of hydrogen-bond donors (Lipinski definition) is 3. The molecule has 2 atom stereocenters. The molecule has 104 valence electrons. The zero-order valence-corrected chi connectivity index (χ0v) is 11.1. The van der Waals surface area contributed by atoms with Crippen LogP contribution in [0.1, 0.15) is 24.5 Å². The van der Waals surface area contributed by atoms with Gasteiger partial charge in [-0.3, -0.25) is 4.79 Å². The summed E-state index contributed by atoms with van der Waals surface area (Å²) in [6.07, 6.45) is -0.383. The summed E-state index contributed by atoms with van der Waals surface area (Å²) in [4.78, 5) is 22.5. The summed E-state index contributed by atoms with van der Waals surface area (Å²) in [5.74, 6) is -1.62. The molecule has 0 spiro atoms. The Morgan fingerprint density at radius 1 is 1.32 bits per heavy atom. The molecule has 0 bridgehead atoms. The first-order valence-electron chi connectivity index (χ1n) is 6.16. The molecule has 1 aromatic carbocycles. The minimum Gasteiger partial charge on any atom is -0.480 e. The van der Waals surface area contributed by atoms with Crippen molar-refractivity contribution in [3.63, 3.8) is 0 Å². The van der Waals surface area contributed by atoms with Gasteiger partial charge >= 0.3 is 5.97 Å². The van der Waals surface area contributed by atoms with E-state index < -0.39 is 18.1 Å². The molecule has 3 N–H and O–H groups in total. The molecule has 1 rings (SSSR count). The number of aliphatic hydroxyl groups is 1. The minimum atomic E-state index is -1.26. The lowest BCUT2D eigenvalue weighted by molar-refractivity contribution is -0.144. The van der Waals surface area contributed by atoms with E-state index in [9.17, 15) is 14.7 Å². The van der Waals surface area contributed by atoms with Crippen LogP contribution in [0.4, 0.5) is 0 Å². The molecule has 0 aromatic heterocycles. The molecular weight excluding hydrogens is 246 g/mol. The van der Waals surface area contributed by atoms with Gasteiger partial charge in [-0.25, -0.2) is 4.79 Å². The second kappa shape index (κ2) is 6.89. The SMILES string of the molecule is Cc1ccccc1CCC(=O)NC(C(=O)O)C(C)O. The van der Waals surface area contributed by atoms with Gasteiger partial charge in [0.25, 0.3) is 0 Å². The van der Waals surface area contributed by atoms with Gasteiger partial charge < -0.3 is 15.5 Å². The van der Waals surface area contributed by atoms with E-state index in [2.05, 4.69) is 5.32 Å². The van der Waals surface area contributed by atoms with Gasteiger partial charge in [-0.15, -0.1) is 0 Å². The Bertz CT molecular complexity index is 457. The summed E-state index contributed by atoms with van der Waals surface area (Å²) in [7, 11) is 0. The number of aryl methyl sites for hydroxylation is 2. The van der Waals surface area contributed by atoms with Crippen LogP contribution in [0.3, 0.4) is 0 Å². The van der Waals surface area contributed by atoms with Crippen molar-refractivity contribution in [1.82, 2.24) is 5.32 Å². The molecule has 0 saturated carbocycles. The van der Waals surface area contributed by atoms with Gasteiger partial charge in [0.15, 0.2) is 6.04 Å². The van der Waals surface area contributed by atoms with Gasteiger partial charge in [-0.05, 0) is 31.4 Å². The number of aliphatic hydroxyl groups excluding tert-OH is 1. The number of carboxylic acid groups (broad SMARTS) is 1. The Kier molecular flexibility index (Phi) is 5.51. The van der Waals surface area contributed by atoms with Crippen LogP contribution in [0.5, 0.6) is 0 Å². The second-order valence-corrected chi connectivity index (χ2v) is 4.55. The van der Waals surface area contributed by atoms with E-state index in [1.165, 1.54) is 6.92 Å². The summed E-state index contributed by atoms with van der Waals surface area (Å²) in [5, 5.41) is 20.4. The molecule has 19 heavy (non-hydrogen) atoms. The maximum Gasteiger partial charge on any atom is 0.328 e. The van der Waals surface area contributed by atoms with Crippen molar-refractivity contribution >= 4 is 11.9 Å². The summed E-state index contributed by atoms with van der Waals surface area (Å²) < 4.78 is 0. The number of carbonyl (C=O) groups excluding carboxylic acids is 1. The van der Waals surface area contributed by atoms with Crippen LogP contribution in [0, 0.1) is 6.92 Å². The standard InChI is InChI=1S/C14H19NO4/c1-9-5-3-4-6-11(9)7-8-12(17)15-13(10(2)16)14(18)19/h3-6,10,13,16H,7-8H2,1-2H3,(H,15,17)(H,18,19). The first-order chi connectivity index (χ1) is 8.91. The van der Waals surface area contributed by atoms with Crippen LogP contribution in [0.15, 0.2) is 24.3 Å². The summed E-state index contributed by atoms with van der Waals surface area (Å²) in [5.41, 5.74) is 2.15. The second-order valence-electron chi connectivity index (χ2n) is 4.55. The zero-order valence-electron chi connectivity index (χ0n) is 11.1. The number of hydrogen-bond acceptors (Lipinski definition) is 3. The van der Waals surface area contributed by atoms with Crippen molar-refractivity contribution in [2.24, 2.45) is 0 Å². The average molecular weight is 265 g/mol. The highest BCUT2D eigenvalue weighted by molar-refractivity contribution is 5.84. The summed E-state index contributed by atoms with van der Waals surface area (Å²) in [6, 6.07) is 6.46. The van der Waals surface area contributed by atoms with Crippen molar-refractivity contribution in [1.29, 1.82) is 0 Å². The van der Waals surface area contributed by atoms with Gasteiger partial charge in [0.05, 0.1) is 6.10 Å². The number of aliphatic carboxylic acids is 1. The maximum absolute atomic E-state index is 11.7. The van der Waals surface area contributed by atoms with E-state index in [-0.39, 0.29) is 12.3 Å². The minimum absolute atomic E-state index is 0.196. The van der Waals surface area contributed by atoms with Crippen LogP contribution in [0.25, 0.3) is 0 Å². The number of carbonyl (C=O) groups is 2. The van der Waals surface area contributed by atoms with Crippen LogP contribution >= 0.6 is 0 Å². The van der Waals surface area contributed by atoms with Gasteiger partial charge in [0.2, 0.25) is 5.91 Å². The highest BCUT2D eigenvalue weighted by Gasteiger charge is 2.24. The molecule has 0 fully saturated rings. The number of nitrogens with one attached hydrogen (secondary N) is 1. The molecule has 0 heterocycles. The molecule has 0 saturated heterocycles. The zero-order chi connectivity index (χ0) is 14.4. The molecule has 1 amide bonds. The van der Waals surface area contributed by atoms with Crippen molar-refractivity contribution in [3.8, 4) is 0 Å². The third kappa shape index (κ3) is 4.71. The van der Waals surface area contributed by atoms with E-state index in [0.717, 1.165) is 11.1 Å². The molecule has 0 aliphatic carbocycles. The first kappa shape index (κ1) is 15.2. The molecule has 5 nitrogen and oxygen atoms in total. The van der Waals surface area contributed by atoms with Gasteiger partial charge in [0, 0.05) is 6.42 Å². The monoisotopic (exact) mass is 265 g/mol. The van der Waals surface area contributed by atoms with Gasteiger partial charge in [-0.1, -0.05) is 24.3 Å². The van der Waals surface area contributed by atoms with E-state index in [4.69, 9.17) is 5.11 Å². The third-order valence-electron chi connectivity index (χ3n) is 2.95. The van der Waals surface area contributed by atoms with Crippen molar-refractivity contribution in [2.45, 2.75) is 38.8 Å². The Morgan fingerprint density at radius 2 is 1.95 bits per heavy atom. The van der Waals surface area contributed by atoms with Crippen LogP contribution in [-0.2, 0) is 16.0 Å². The molecule has 0 radical (unpaired) electrons. The van der Waals surface area contributed by atoms with Crippen molar-refractivity contribution in [2.75, 3.05) is 0 Å². The summed E-state index contributed by atoms with van der Waals surface area (Å²) >= 11 is 0. The predicted molar refractivity (Wildman–Crippen MR) is 70.7 cm³/mol. The molecule has 0 aliphatic rings. The lowest BCUT2D eigenvalue weighted by Crippen LogP contribution is -2.47. The van der Waals surface area contributed by atoms with Crippen molar-refractivity contribution < 1.29 is 19.8 Å². The Morgan fingerprint density at radius 3 is 2.47 bits per heavy atom. The fourth-order valence-electron chi connectivity index (χ4n) is 1.77. The normalized spacial score (nSPS) is 13.6. The molecular formula is C14H19NO4. The fourth-order valence-corrected chi connectivity index (χ4v) is 1.77. The van der Waals surface area contributed by atoms with Gasteiger partial charge in [0.1, 0.15) is 0 Å². The maximum atomic E-state index is 11.7. The van der Waals surface area contributed by atoms with Crippen LogP contribution in [-0.4, -0.2) is 34.2 Å². The van der Waals surface area contributed by atoms with Crippen molar-refractivity contribution in [3.05, 3.63) is 35.4 Å². The molecule has 1 aromatic rings. The Balaban J connectivity index is 2.52. The highest BCUT2D eigenvalue weighted by Crippen LogP contribution is 2.09. The smallest absolute Gasteiger partial charge is 0.328 e. The van der Waals surface area contributed by atoms with E-state index in [1.807, 2.05) is 31.2 Å². The average Bonchev–Trinajstić information content (AvgIpc) is 2.34. The number of rotatable bonds is 6. The highest BCUT2D eigenvalue weighted by atomic mass is 16.4. The Hall–Kier alpha value is -1.88. The van der Waals surface area contributed by atoms with Crippen LogP contribution in [0.2, 0.25) is 0 Å². The number of amides is 1. The largest absolute Gasteiger partial charge is 0.480 e. The van der Waals surface area contributed by atoms with Gasteiger partial charge in [-0.2, -0.15) is 0 Å². The van der Waals surface area contributed by atoms with Crippen LogP contribution < -0.4 is 5.32 Å². The number of carboxylic acids is 1. The number of benzene rings is 1. The molecule has 5 heteroatoms. The lowest BCUT2D eigenvalue weighted by atomic mass is 10.0. The lowest BCUT2D eigenvalue weighted by Gasteiger charge is -2.17. The quantitative estimate of drug-likeness (QED) is 0.712. The first-order valence-corrected chi connectivity index (χ1v) is 6.16. The Labute approximate surface area is 112 Å². The third-order valence-corrected chi connectivity index (χ3v) is 2.95. The van der Waals surface area contributed by atoms with E-state index in [1.54, 1.807) is 0 Å². The molecule has 0 aliphatic heterocycles. The van der Waals surface area contributed by atoms with E-state index >= 15 is 0 Å². The topological polar surface area (TPSA) is 86.6 Å². The molecule has 2 unspecified atom stereocenters. The predicted octanol–water partition coefficient (Wildman–Crippen LogP) is 0.878. The fraction of sp³-hybridized carbons (Fsp3) is 0.429. The van der Waals surface area contributed by atoms with E-state index in [0.29, 0.717) is 6.42 Å².